The summed E-state index contributed by atoms with van der Waals surface area (Å²) < 4.78 is 5.82. The molecule has 1 aromatic heterocycles. The van der Waals surface area contributed by atoms with Crippen molar-refractivity contribution in [3.8, 4) is 0 Å². The van der Waals surface area contributed by atoms with Gasteiger partial charge in [0.15, 0.2) is 0 Å². The van der Waals surface area contributed by atoms with Crippen molar-refractivity contribution in [2.45, 2.75) is 25.8 Å². The molecule has 0 unspecified atom stereocenters. The molecule has 1 fully saturated rings. The maximum absolute atomic E-state index is 12.7. The number of halogens is 1. The highest BCUT2D eigenvalue weighted by molar-refractivity contribution is 9.10. The third kappa shape index (κ3) is 5.01. The van der Waals surface area contributed by atoms with Crippen LogP contribution in [-0.4, -0.2) is 42.0 Å². The Morgan fingerprint density at radius 1 is 1.39 bits per heavy atom. The summed E-state index contributed by atoms with van der Waals surface area (Å²) >= 11 is 3.42. The van der Waals surface area contributed by atoms with Gasteiger partial charge < -0.3 is 20.4 Å². The lowest BCUT2D eigenvalue weighted by Crippen LogP contribution is -2.36. The van der Waals surface area contributed by atoms with E-state index in [0.29, 0.717) is 25.1 Å². The summed E-state index contributed by atoms with van der Waals surface area (Å²) in [6.07, 6.45) is 4.00. The van der Waals surface area contributed by atoms with Crippen LogP contribution >= 0.6 is 15.9 Å². The molecule has 3 N–H and O–H groups in total. The number of esters is 1. The smallest absolute Gasteiger partial charge is 0.330 e. The van der Waals surface area contributed by atoms with Gasteiger partial charge in [0, 0.05) is 40.0 Å². The summed E-state index contributed by atoms with van der Waals surface area (Å²) in [7, 11) is 0. The molecule has 1 aliphatic rings. The third-order valence-electron chi connectivity index (χ3n) is 4.60. The topological polar surface area (TPSA) is 100 Å². The molecule has 2 atom stereocenters. The number of carbonyl (C=O) groups is 3. The van der Waals surface area contributed by atoms with Gasteiger partial charge in [0.1, 0.15) is 5.69 Å². The van der Waals surface area contributed by atoms with Gasteiger partial charge in [0.2, 0.25) is 5.91 Å². The minimum absolute atomic E-state index is 0.0285. The van der Waals surface area contributed by atoms with E-state index in [9.17, 15) is 14.4 Å². The Morgan fingerprint density at radius 3 is 2.93 bits per heavy atom. The SMILES string of the molecule is CCOC(=O)/C=C/[C@H](C[C@@H]1CCNC1=O)NC(=O)c1cc2cc(Br)ccc2[nH]1. The number of rotatable bonds is 7. The lowest BCUT2D eigenvalue weighted by atomic mass is 9.98. The average molecular weight is 448 g/mol. The Bertz CT molecular complexity index is 921. The fraction of sp³-hybridized carbons (Fsp3) is 0.350. The second kappa shape index (κ2) is 9.05. The molecule has 1 aromatic carbocycles. The van der Waals surface area contributed by atoms with E-state index >= 15 is 0 Å². The maximum Gasteiger partial charge on any atom is 0.330 e. The van der Waals surface area contributed by atoms with E-state index in [1.165, 1.54) is 6.08 Å². The van der Waals surface area contributed by atoms with E-state index in [4.69, 9.17) is 4.74 Å². The molecule has 0 aliphatic carbocycles. The predicted octanol–water partition coefficient (Wildman–Crippen LogP) is 2.67. The maximum atomic E-state index is 12.7. The Labute approximate surface area is 171 Å². The molecule has 1 aliphatic heterocycles. The van der Waals surface area contributed by atoms with Crippen molar-refractivity contribution in [1.82, 2.24) is 15.6 Å². The number of nitrogens with one attached hydrogen (secondary N) is 3. The number of hydrogen-bond acceptors (Lipinski definition) is 4. The summed E-state index contributed by atoms with van der Waals surface area (Å²) in [5.41, 5.74) is 1.26. The summed E-state index contributed by atoms with van der Waals surface area (Å²) in [5.74, 6) is -1.01. The van der Waals surface area contributed by atoms with Crippen molar-refractivity contribution in [2.75, 3.05) is 13.2 Å². The summed E-state index contributed by atoms with van der Waals surface area (Å²) in [4.78, 5) is 39.4. The first-order chi connectivity index (χ1) is 13.5. The number of aromatic amines is 1. The molecule has 1 saturated heterocycles. The van der Waals surface area contributed by atoms with Crippen LogP contribution in [0.25, 0.3) is 10.9 Å². The van der Waals surface area contributed by atoms with Crippen LogP contribution in [0.4, 0.5) is 0 Å². The first-order valence-corrected chi connectivity index (χ1v) is 9.97. The number of hydrogen-bond donors (Lipinski definition) is 3. The molecule has 8 heteroatoms. The summed E-state index contributed by atoms with van der Waals surface area (Å²) in [6.45, 7) is 2.63. The number of aromatic nitrogens is 1. The standard InChI is InChI=1S/C20H22BrN3O4/c1-2-28-18(25)6-4-15(10-12-7-8-22-19(12)26)23-20(27)17-11-13-9-14(21)3-5-16(13)24-17/h3-6,9,11-12,15,24H,2,7-8,10H2,1H3,(H,22,26)(H,23,27)/b6-4+/t12-,15+/m0/s1. The Balaban J connectivity index is 1.74. The van der Waals surface area contributed by atoms with Crippen molar-refractivity contribution in [1.29, 1.82) is 0 Å². The lowest BCUT2D eigenvalue weighted by Gasteiger charge is -2.17. The van der Waals surface area contributed by atoms with Crippen molar-refractivity contribution in [2.24, 2.45) is 5.92 Å². The number of benzene rings is 1. The van der Waals surface area contributed by atoms with E-state index in [-0.39, 0.29) is 24.3 Å². The van der Waals surface area contributed by atoms with E-state index in [1.54, 1.807) is 19.1 Å². The van der Waals surface area contributed by atoms with Gasteiger partial charge in [-0.1, -0.05) is 22.0 Å². The number of amides is 2. The van der Waals surface area contributed by atoms with Crippen molar-refractivity contribution >= 4 is 44.6 Å². The molecular formula is C20H22BrN3O4. The molecule has 0 bridgehead atoms. The van der Waals surface area contributed by atoms with Gasteiger partial charge in [0.05, 0.1) is 6.61 Å². The van der Waals surface area contributed by atoms with E-state index in [2.05, 4.69) is 31.5 Å². The van der Waals surface area contributed by atoms with E-state index < -0.39 is 12.0 Å². The second-order valence-corrected chi connectivity index (χ2v) is 7.53. The third-order valence-corrected chi connectivity index (χ3v) is 5.09. The molecule has 2 amide bonds. The molecule has 0 spiro atoms. The van der Waals surface area contributed by atoms with Crippen LogP contribution in [0, 0.1) is 5.92 Å². The highest BCUT2D eigenvalue weighted by Gasteiger charge is 2.27. The van der Waals surface area contributed by atoms with Crippen LogP contribution in [0.3, 0.4) is 0 Å². The Morgan fingerprint density at radius 2 is 2.21 bits per heavy atom. The molecule has 7 nitrogen and oxygen atoms in total. The highest BCUT2D eigenvalue weighted by atomic mass is 79.9. The molecule has 0 saturated carbocycles. The van der Waals surface area contributed by atoms with Crippen LogP contribution in [-0.2, 0) is 14.3 Å². The normalized spacial score (nSPS) is 17.6. The Kier molecular flexibility index (Phi) is 6.51. The average Bonchev–Trinajstić information content (AvgIpc) is 3.25. The monoisotopic (exact) mass is 447 g/mol. The molecule has 28 heavy (non-hydrogen) atoms. The molecule has 3 rings (SSSR count). The van der Waals surface area contributed by atoms with Gasteiger partial charge in [-0.15, -0.1) is 0 Å². The molecular weight excluding hydrogens is 426 g/mol. The number of ether oxygens (including phenoxy) is 1. The van der Waals surface area contributed by atoms with Crippen LogP contribution < -0.4 is 10.6 Å². The van der Waals surface area contributed by atoms with Crippen LogP contribution in [0.1, 0.15) is 30.3 Å². The predicted molar refractivity (Wildman–Crippen MR) is 109 cm³/mol. The minimum Gasteiger partial charge on any atom is -0.463 e. The quantitative estimate of drug-likeness (QED) is 0.448. The van der Waals surface area contributed by atoms with Gasteiger partial charge in [-0.2, -0.15) is 0 Å². The zero-order valence-corrected chi connectivity index (χ0v) is 17.0. The molecule has 148 valence electrons. The van der Waals surface area contributed by atoms with Gasteiger partial charge in [-0.25, -0.2) is 4.79 Å². The minimum atomic E-state index is -0.479. The van der Waals surface area contributed by atoms with Gasteiger partial charge in [-0.05, 0) is 44.0 Å². The van der Waals surface area contributed by atoms with Crippen molar-refractivity contribution < 1.29 is 19.1 Å². The van der Waals surface area contributed by atoms with Gasteiger partial charge in [-0.3, -0.25) is 9.59 Å². The first-order valence-electron chi connectivity index (χ1n) is 9.18. The second-order valence-electron chi connectivity index (χ2n) is 6.62. The highest BCUT2D eigenvalue weighted by Crippen LogP contribution is 2.21. The Hall–Kier alpha value is -2.61. The van der Waals surface area contributed by atoms with Gasteiger partial charge in [0.25, 0.3) is 5.91 Å². The van der Waals surface area contributed by atoms with E-state index in [0.717, 1.165) is 15.4 Å². The zero-order chi connectivity index (χ0) is 20.1. The number of carbonyl (C=O) groups excluding carboxylic acids is 3. The largest absolute Gasteiger partial charge is 0.463 e. The molecule has 2 heterocycles. The van der Waals surface area contributed by atoms with Crippen LogP contribution in [0.15, 0.2) is 40.9 Å². The van der Waals surface area contributed by atoms with Crippen LogP contribution in [0.2, 0.25) is 0 Å². The number of fused-ring (bicyclic) bond motifs is 1. The van der Waals surface area contributed by atoms with Crippen molar-refractivity contribution in [3.63, 3.8) is 0 Å². The fourth-order valence-corrected chi connectivity index (χ4v) is 3.60. The number of H-pyrrole nitrogens is 1. The summed E-state index contributed by atoms with van der Waals surface area (Å²) in [5, 5.41) is 6.60. The fourth-order valence-electron chi connectivity index (χ4n) is 3.22. The van der Waals surface area contributed by atoms with Gasteiger partial charge >= 0.3 is 5.97 Å². The van der Waals surface area contributed by atoms with E-state index in [1.807, 2.05) is 18.2 Å². The first kappa shape index (κ1) is 20.1. The van der Waals surface area contributed by atoms with Crippen molar-refractivity contribution in [3.05, 3.63) is 46.6 Å². The zero-order valence-electron chi connectivity index (χ0n) is 15.5. The lowest BCUT2D eigenvalue weighted by molar-refractivity contribution is -0.137. The van der Waals surface area contributed by atoms with Crippen LogP contribution in [0.5, 0.6) is 0 Å². The molecule has 2 aromatic rings. The molecule has 0 radical (unpaired) electrons. The summed E-state index contributed by atoms with van der Waals surface area (Å²) in [6, 6.07) is 7.00.